The van der Waals surface area contributed by atoms with E-state index < -0.39 is 33.7 Å². The maximum atomic E-state index is 13.0. The zero-order valence-corrected chi connectivity index (χ0v) is 19.0. The minimum absolute atomic E-state index is 0.0313. The fourth-order valence-electron chi connectivity index (χ4n) is 3.15. The maximum Gasteiger partial charge on any atom is 0.416 e. The molecule has 0 aliphatic carbocycles. The predicted octanol–water partition coefficient (Wildman–Crippen LogP) is 4.63. The summed E-state index contributed by atoms with van der Waals surface area (Å²) in [6.07, 6.45) is -4.48. The average Bonchev–Trinajstić information content (AvgIpc) is 2.79. The Balaban J connectivity index is 1.82. The van der Waals surface area contributed by atoms with Crippen molar-refractivity contribution < 1.29 is 31.1 Å². The van der Waals surface area contributed by atoms with Crippen molar-refractivity contribution in [3.63, 3.8) is 0 Å². The number of nitrogens with one attached hydrogen (secondary N) is 2. The van der Waals surface area contributed by atoms with Gasteiger partial charge in [-0.15, -0.1) is 0 Å². The van der Waals surface area contributed by atoms with Crippen LogP contribution < -0.4 is 14.8 Å². The predicted molar refractivity (Wildman–Crippen MR) is 122 cm³/mol. The van der Waals surface area contributed by atoms with E-state index in [2.05, 4.69) is 10.0 Å². The van der Waals surface area contributed by atoms with Crippen LogP contribution >= 0.6 is 0 Å². The van der Waals surface area contributed by atoms with Crippen LogP contribution in [-0.2, 0) is 27.4 Å². The van der Waals surface area contributed by atoms with E-state index in [1.807, 2.05) is 0 Å². The number of anilines is 1. The minimum Gasteiger partial charge on any atom is -0.494 e. The summed E-state index contributed by atoms with van der Waals surface area (Å²) >= 11 is 0. The van der Waals surface area contributed by atoms with Crippen LogP contribution in [0.15, 0.2) is 83.8 Å². The number of rotatable bonds is 9. The lowest BCUT2D eigenvalue weighted by Gasteiger charge is -2.19. The van der Waals surface area contributed by atoms with Crippen LogP contribution in [0.1, 0.15) is 18.1 Å². The number of carbonyl (C=O) groups excluding carboxylic acids is 1. The van der Waals surface area contributed by atoms with Gasteiger partial charge in [0.05, 0.1) is 17.1 Å². The Kier molecular flexibility index (Phi) is 7.95. The summed E-state index contributed by atoms with van der Waals surface area (Å²) in [7, 11) is -4.09. The second kappa shape index (κ2) is 10.7. The molecule has 0 unspecified atom stereocenters. The number of hydrogen-bond acceptors (Lipinski definition) is 4. The average molecular weight is 493 g/mol. The summed E-state index contributed by atoms with van der Waals surface area (Å²) in [6.45, 7) is 2.23. The van der Waals surface area contributed by atoms with Gasteiger partial charge in [-0.25, -0.2) is 8.42 Å². The van der Waals surface area contributed by atoms with Crippen molar-refractivity contribution in [1.82, 2.24) is 4.72 Å². The van der Waals surface area contributed by atoms with Gasteiger partial charge in [0.1, 0.15) is 11.8 Å². The lowest BCUT2D eigenvalue weighted by atomic mass is 10.1. The van der Waals surface area contributed by atoms with Crippen molar-refractivity contribution in [2.24, 2.45) is 0 Å². The Hall–Kier alpha value is -3.37. The molecule has 0 aliphatic rings. The van der Waals surface area contributed by atoms with Gasteiger partial charge in [0, 0.05) is 5.69 Å². The van der Waals surface area contributed by atoms with Gasteiger partial charge in [-0.1, -0.05) is 30.3 Å². The zero-order chi connectivity index (χ0) is 24.8. The number of carbonyl (C=O) groups is 1. The van der Waals surface area contributed by atoms with Gasteiger partial charge >= 0.3 is 6.18 Å². The third-order valence-electron chi connectivity index (χ3n) is 4.82. The Bertz CT molecular complexity index is 1200. The molecule has 0 aromatic heterocycles. The molecule has 0 fully saturated rings. The first-order chi connectivity index (χ1) is 16.1. The van der Waals surface area contributed by atoms with Crippen LogP contribution in [0.4, 0.5) is 18.9 Å². The standard InChI is InChI=1S/C24H23F3N2O4S/c1-2-33-20-12-14-21(15-13-20)34(31,32)29-22(16-17-6-4-3-5-7-17)23(30)28-19-10-8-18(9-11-19)24(25,26)27/h3-15,22,29H,2,16H2,1H3,(H,28,30)/t22-/m0/s1. The fraction of sp³-hybridized carbons (Fsp3) is 0.208. The van der Waals surface area contributed by atoms with Gasteiger partial charge in [-0.2, -0.15) is 17.9 Å². The minimum atomic E-state index is -4.51. The van der Waals surface area contributed by atoms with Crippen molar-refractivity contribution in [2.75, 3.05) is 11.9 Å². The normalized spacial score (nSPS) is 12.7. The second-order valence-electron chi connectivity index (χ2n) is 7.33. The quantitative estimate of drug-likeness (QED) is 0.456. The number of benzene rings is 3. The molecule has 10 heteroatoms. The van der Waals surface area contributed by atoms with Gasteiger partial charge in [0.25, 0.3) is 0 Å². The van der Waals surface area contributed by atoms with Gasteiger partial charge in [-0.05, 0) is 67.4 Å². The molecule has 3 aromatic carbocycles. The Morgan fingerprint density at radius 3 is 2.12 bits per heavy atom. The number of amides is 1. The third kappa shape index (κ3) is 6.82. The Morgan fingerprint density at radius 2 is 1.56 bits per heavy atom. The molecule has 180 valence electrons. The smallest absolute Gasteiger partial charge is 0.416 e. The molecule has 3 aromatic rings. The van der Waals surface area contributed by atoms with Crippen molar-refractivity contribution in [1.29, 1.82) is 0 Å². The highest BCUT2D eigenvalue weighted by Gasteiger charge is 2.30. The largest absolute Gasteiger partial charge is 0.494 e. The van der Waals surface area contributed by atoms with Crippen molar-refractivity contribution in [3.8, 4) is 5.75 Å². The van der Waals surface area contributed by atoms with E-state index >= 15 is 0 Å². The molecule has 1 atom stereocenters. The van der Waals surface area contributed by atoms with E-state index in [1.165, 1.54) is 24.3 Å². The topological polar surface area (TPSA) is 84.5 Å². The summed E-state index contributed by atoms with van der Waals surface area (Å²) in [5, 5.41) is 2.49. The molecule has 1 amide bonds. The van der Waals surface area contributed by atoms with Gasteiger partial charge < -0.3 is 10.1 Å². The summed E-state index contributed by atoms with van der Waals surface area (Å²) in [4.78, 5) is 12.9. The fourth-order valence-corrected chi connectivity index (χ4v) is 4.34. The molecule has 6 nitrogen and oxygen atoms in total. The highest BCUT2D eigenvalue weighted by atomic mass is 32.2. The lowest BCUT2D eigenvalue weighted by molar-refractivity contribution is -0.137. The van der Waals surface area contributed by atoms with Crippen LogP contribution in [0, 0.1) is 0 Å². The molecule has 0 saturated heterocycles. The first-order valence-corrected chi connectivity index (χ1v) is 11.8. The summed E-state index contributed by atoms with van der Waals surface area (Å²) < 4.78 is 72.0. The van der Waals surface area contributed by atoms with Crippen LogP contribution in [0.5, 0.6) is 5.75 Å². The van der Waals surface area contributed by atoms with Gasteiger partial charge in [0.2, 0.25) is 15.9 Å². The first-order valence-electron chi connectivity index (χ1n) is 10.4. The van der Waals surface area contributed by atoms with E-state index in [1.54, 1.807) is 37.3 Å². The van der Waals surface area contributed by atoms with Crippen molar-refractivity contribution in [2.45, 2.75) is 30.5 Å². The number of sulfonamides is 1. The van der Waals surface area contributed by atoms with E-state index in [4.69, 9.17) is 4.74 Å². The molecule has 0 heterocycles. The Labute approximate surface area is 195 Å². The lowest BCUT2D eigenvalue weighted by Crippen LogP contribution is -2.45. The summed E-state index contributed by atoms with van der Waals surface area (Å²) in [6, 6.07) is 17.2. The van der Waals surface area contributed by atoms with E-state index in [0.29, 0.717) is 17.9 Å². The molecule has 2 N–H and O–H groups in total. The molecule has 0 bridgehead atoms. The number of hydrogen-bond donors (Lipinski definition) is 2. The molecular formula is C24H23F3N2O4S. The zero-order valence-electron chi connectivity index (χ0n) is 18.2. The highest BCUT2D eigenvalue weighted by Crippen LogP contribution is 2.30. The highest BCUT2D eigenvalue weighted by molar-refractivity contribution is 7.89. The molecule has 0 spiro atoms. The molecule has 0 aliphatic heterocycles. The SMILES string of the molecule is CCOc1ccc(S(=O)(=O)N[C@@H](Cc2ccccc2)C(=O)Nc2ccc(C(F)(F)F)cc2)cc1. The van der Waals surface area contributed by atoms with Crippen LogP contribution in [0.25, 0.3) is 0 Å². The number of alkyl halides is 3. The molecule has 0 radical (unpaired) electrons. The van der Waals surface area contributed by atoms with Crippen LogP contribution in [-0.4, -0.2) is 27.0 Å². The van der Waals surface area contributed by atoms with Gasteiger partial charge in [-0.3, -0.25) is 4.79 Å². The second-order valence-corrected chi connectivity index (χ2v) is 9.05. The van der Waals surface area contributed by atoms with Crippen molar-refractivity contribution >= 4 is 21.6 Å². The summed E-state index contributed by atoms with van der Waals surface area (Å²) in [5.41, 5.74) is -0.0525. The maximum absolute atomic E-state index is 13.0. The van der Waals surface area contributed by atoms with Crippen LogP contribution in [0.2, 0.25) is 0 Å². The monoisotopic (exact) mass is 492 g/mol. The van der Waals surface area contributed by atoms with Crippen molar-refractivity contribution in [3.05, 3.63) is 90.0 Å². The number of halogens is 3. The molecule has 34 heavy (non-hydrogen) atoms. The molecule has 3 rings (SSSR count). The van der Waals surface area contributed by atoms with E-state index in [-0.39, 0.29) is 17.0 Å². The Morgan fingerprint density at radius 1 is 0.941 bits per heavy atom. The first kappa shape index (κ1) is 25.3. The van der Waals surface area contributed by atoms with Crippen LogP contribution in [0.3, 0.4) is 0 Å². The summed E-state index contributed by atoms with van der Waals surface area (Å²) in [5.74, 6) is -0.208. The number of ether oxygens (including phenoxy) is 1. The van der Waals surface area contributed by atoms with Gasteiger partial charge in [0.15, 0.2) is 0 Å². The van der Waals surface area contributed by atoms with E-state index in [0.717, 1.165) is 24.3 Å². The third-order valence-corrected chi connectivity index (χ3v) is 6.31. The molecule has 0 saturated carbocycles. The van der Waals surface area contributed by atoms with E-state index in [9.17, 15) is 26.4 Å². The molecular weight excluding hydrogens is 469 g/mol.